The highest BCUT2D eigenvalue weighted by Crippen LogP contribution is 2.12. The lowest BCUT2D eigenvalue weighted by Crippen LogP contribution is -2.52. The Morgan fingerprint density at radius 3 is 2.59 bits per heavy atom. The lowest BCUT2D eigenvalue weighted by atomic mass is 10.1. The van der Waals surface area contributed by atoms with Gasteiger partial charge < -0.3 is 14.8 Å². The summed E-state index contributed by atoms with van der Waals surface area (Å²) in [5, 5.41) is 0. The summed E-state index contributed by atoms with van der Waals surface area (Å²) in [6.45, 7) is 5.48. The molecule has 1 N–H and O–H groups in total. The Kier molecular flexibility index (Phi) is 5.69. The number of carbonyl (C=O) groups is 2. The molecule has 1 aromatic carbocycles. The molecule has 0 unspecified atom stereocenters. The summed E-state index contributed by atoms with van der Waals surface area (Å²) in [6.07, 6.45) is 0.655. The lowest BCUT2D eigenvalue weighted by molar-refractivity contribution is -0.135. The highest BCUT2D eigenvalue weighted by molar-refractivity contribution is 5.95. The van der Waals surface area contributed by atoms with E-state index in [4.69, 9.17) is 0 Å². The molecular formula is C20H24N4O3. The van der Waals surface area contributed by atoms with Gasteiger partial charge in [0.25, 0.3) is 5.91 Å². The third-order valence-electron chi connectivity index (χ3n) is 4.47. The Bertz CT molecular complexity index is 876. The van der Waals surface area contributed by atoms with Crippen LogP contribution in [0.1, 0.15) is 35.6 Å². The van der Waals surface area contributed by atoms with Crippen molar-refractivity contribution in [3.8, 4) is 0 Å². The SMILES string of the molecule is CC(C)Cc1cc(C(=O)N2CCN(Cc3ccccc3)C(=O)C2)nc(=O)[nH]1. The molecule has 2 amide bonds. The van der Waals surface area contributed by atoms with Crippen molar-refractivity contribution in [1.82, 2.24) is 19.8 Å². The summed E-state index contributed by atoms with van der Waals surface area (Å²) in [6, 6.07) is 11.4. The first-order valence-corrected chi connectivity index (χ1v) is 9.13. The largest absolute Gasteiger partial charge is 0.345 e. The Labute approximate surface area is 158 Å². The quantitative estimate of drug-likeness (QED) is 0.865. The molecule has 1 aromatic heterocycles. The van der Waals surface area contributed by atoms with Gasteiger partial charge in [0.05, 0.1) is 0 Å². The number of aromatic amines is 1. The van der Waals surface area contributed by atoms with Crippen LogP contribution in [0.2, 0.25) is 0 Å². The smallest absolute Gasteiger partial charge is 0.335 e. The van der Waals surface area contributed by atoms with Gasteiger partial charge in [-0.05, 0) is 24.0 Å². The molecule has 3 rings (SSSR count). The van der Waals surface area contributed by atoms with Crippen LogP contribution >= 0.6 is 0 Å². The number of rotatable bonds is 5. The predicted molar refractivity (Wildman–Crippen MR) is 101 cm³/mol. The number of hydrogen-bond donors (Lipinski definition) is 1. The van der Waals surface area contributed by atoms with Crippen molar-refractivity contribution in [2.75, 3.05) is 19.6 Å². The third kappa shape index (κ3) is 4.81. The average molecular weight is 368 g/mol. The fourth-order valence-electron chi connectivity index (χ4n) is 3.18. The minimum absolute atomic E-state index is 0.000337. The molecular weight excluding hydrogens is 344 g/mol. The average Bonchev–Trinajstić information content (AvgIpc) is 2.62. The molecule has 1 aliphatic heterocycles. The van der Waals surface area contributed by atoms with Crippen molar-refractivity contribution >= 4 is 11.8 Å². The van der Waals surface area contributed by atoms with Crippen LogP contribution in [0.5, 0.6) is 0 Å². The molecule has 0 saturated carbocycles. The van der Waals surface area contributed by atoms with E-state index in [0.717, 1.165) is 5.56 Å². The number of nitrogens with zero attached hydrogens (tertiary/aromatic N) is 3. The van der Waals surface area contributed by atoms with Gasteiger partial charge in [-0.1, -0.05) is 44.2 Å². The van der Waals surface area contributed by atoms with Crippen LogP contribution < -0.4 is 5.69 Å². The third-order valence-corrected chi connectivity index (χ3v) is 4.47. The van der Waals surface area contributed by atoms with Crippen LogP contribution in [0.3, 0.4) is 0 Å². The maximum atomic E-state index is 12.7. The van der Waals surface area contributed by atoms with Gasteiger partial charge in [0, 0.05) is 25.3 Å². The van der Waals surface area contributed by atoms with Gasteiger partial charge >= 0.3 is 5.69 Å². The minimum atomic E-state index is -0.537. The van der Waals surface area contributed by atoms with Crippen molar-refractivity contribution in [3.05, 3.63) is 63.8 Å². The van der Waals surface area contributed by atoms with Crippen LogP contribution in [-0.4, -0.2) is 51.2 Å². The molecule has 2 heterocycles. The molecule has 0 atom stereocenters. The molecule has 1 saturated heterocycles. The van der Waals surface area contributed by atoms with Crippen LogP contribution in [0, 0.1) is 5.92 Å². The van der Waals surface area contributed by atoms with Crippen molar-refractivity contribution in [2.24, 2.45) is 5.92 Å². The minimum Gasteiger partial charge on any atom is -0.335 e. The molecule has 0 spiro atoms. The van der Waals surface area contributed by atoms with Crippen LogP contribution in [0.4, 0.5) is 0 Å². The predicted octanol–water partition coefficient (Wildman–Crippen LogP) is 1.45. The highest BCUT2D eigenvalue weighted by atomic mass is 16.2. The number of nitrogens with one attached hydrogen (secondary N) is 1. The maximum absolute atomic E-state index is 12.7. The van der Waals surface area contributed by atoms with E-state index in [0.29, 0.717) is 37.7 Å². The van der Waals surface area contributed by atoms with Crippen molar-refractivity contribution < 1.29 is 9.59 Å². The van der Waals surface area contributed by atoms with Crippen LogP contribution in [-0.2, 0) is 17.8 Å². The number of hydrogen-bond acceptors (Lipinski definition) is 4. The lowest BCUT2D eigenvalue weighted by Gasteiger charge is -2.34. The van der Waals surface area contributed by atoms with E-state index in [9.17, 15) is 14.4 Å². The van der Waals surface area contributed by atoms with Crippen LogP contribution in [0.15, 0.2) is 41.2 Å². The maximum Gasteiger partial charge on any atom is 0.345 e. The Morgan fingerprint density at radius 1 is 1.19 bits per heavy atom. The van der Waals surface area contributed by atoms with Crippen molar-refractivity contribution in [2.45, 2.75) is 26.8 Å². The van der Waals surface area contributed by atoms with E-state index in [1.807, 2.05) is 44.2 Å². The molecule has 1 aliphatic rings. The molecule has 7 nitrogen and oxygen atoms in total. The summed E-state index contributed by atoms with van der Waals surface area (Å²) in [5.74, 6) is -0.140. The second-order valence-corrected chi connectivity index (χ2v) is 7.22. The fourth-order valence-corrected chi connectivity index (χ4v) is 3.18. The molecule has 7 heteroatoms. The number of H-pyrrole nitrogens is 1. The van der Waals surface area contributed by atoms with E-state index >= 15 is 0 Å². The standard InChI is InChI=1S/C20H24N4O3/c1-14(2)10-16-11-17(22-20(27)21-16)19(26)24-9-8-23(18(25)13-24)12-15-6-4-3-5-7-15/h3-7,11,14H,8-10,12-13H2,1-2H3,(H,21,22,27). The molecule has 1 fully saturated rings. The Balaban J connectivity index is 1.68. The first kappa shape index (κ1) is 18.8. The first-order chi connectivity index (χ1) is 12.9. The van der Waals surface area contributed by atoms with Gasteiger partial charge in [-0.3, -0.25) is 9.59 Å². The molecule has 0 radical (unpaired) electrons. The van der Waals surface area contributed by atoms with E-state index in [1.54, 1.807) is 11.0 Å². The normalized spacial score (nSPS) is 14.7. The molecule has 2 aromatic rings. The zero-order chi connectivity index (χ0) is 19.4. The van der Waals surface area contributed by atoms with E-state index < -0.39 is 5.69 Å². The zero-order valence-electron chi connectivity index (χ0n) is 15.6. The topological polar surface area (TPSA) is 86.4 Å². The van der Waals surface area contributed by atoms with Gasteiger partial charge in [-0.2, -0.15) is 4.98 Å². The first-order valence-electron chi connectivity index (χ1n) is 9.13. The molecule has 0 aliphatic carbocycles. The number of carbonyl (C=O) groups excluding carboxylic acids is 2. The van der Waals surface area contributed by atoms with Gasteiger partial charge in [0.1, 0.15) is 12.2 Å². The number of amides is 2. The number of aromatic nitrogens is 2. The molecule has 0 bridgehead atoms. The second-order valence-electron chi connectivity index (χ2n) is 7.22. The van der Waals surface area contributed by atoms with Gasteiger partial charge in [0.15, 0.2) is 0 Å². The van der Waals surface area contributed by atoms with Crippen LogP contribution in [0.25, 0.3) is 0 Å². The van der Waals surface area contributed by atoms with Gasteiger partial charge in [0.2, 0.25) is 5.91 Å². The highest BCUT2D eigenvalue weighted by Gasteiger charge is 2.28. The van der Waals surface area contributed by atoms with Crippen molar-refractivity contribution in [3.63, 3.8) is 0 Å². The summed E-state index contributed by atoms with van der Waals surface area (Å²) in [7, 11) is 0. The monoisotopic (exact) mass is 368 g/mol. The fraction of sp³-hybridized carbons (Fsp3) is 0.400. The number of benzene rings is 1. The summed E-state index contributed by atoms with van der Waals surface area (Å²) in [5.41, 5.74) is 1.30. The Hall–Kier alpha value is -2.96. The molecule has 27 heavy (non-hydrogen) atoms. The van der Waals surface area contributed by atoms with Crippen molar-refractivity contribution in [1.29, 1.82) is 0 Å². The summed E-state index contributed by atoms with van der Waals surface area (Å²) < 4.78 is 0. The summed E-state index contributed by atoms with van der Waals surface area (Å²) >= 11 is 0. The molecule has 142 valence electrons. The second kappa shape index (κ2) is 8.16. The summed E-state index contributed by atoms with van der Waals surface area (Å²) in [4.78, 5) is 46.7. The van der Waals surface area contributed by atoms with E-state index in [-0.39, 0.29) is 24.1 Å². The number of piperazine rings is 1. The van der Waals surface area contributed by atoms with E-state index in [1.165, 1.54) is 4.90 Å². The van der Waals surface area contributed by atoms with Gasteiger partial charge in [-0.25, -0.2) is 4.79 Å². The Morgan fingerprint density at radius 2 is 1.93 bits per heavy atom. The zero-order valence-corrected chi connectivity index (χ0v) is 15.6. The van der Waals surface area contributed by atoms with Gasteiger partial charge in [-0.15, -0.1) is 0 Å². The van der Waals surface area contributed by atoms with E-state index in [2.05, 4.69) is 9.97 Å².